The maximum absolute atomic E-state index is 12.4. The molecule has 0 spiro atoms. The molecule has 2 aliphatic carbocycles. The zero-order valence-electron chi connectivity index (χ0n) is 12.3. The van der Waals surface area contributed by atoms with E-state index in [1.54, 1.807) is 0 Å². The van der Waals surface area contributed by atoms with E-state index in [1.807, 2.05) is 0 Å². The van der Waals surface area contributed by atoms with Gasteiger partial charge in [-0.15, -0.1) is 0 Å². The molecule has 0 aromatic heterocycles. The van der Waals surface area contributed by atoms with Crippen LogP contribution in [-0.4, -0.2) is 23.0 Å². The molecule has 2 saturated carbocycles. The van der Waals surface area contributed by atoms with E-state index >= 15 is 0 Å². The largest absolute Gasteiger partial charge is 0.481 e. The minimum absolute atomic E-state index is 0.102. The van der Waals surface area contributed by atoms with Crippen LogP contribution in [0.25, 0.3) is 0 Å². The monoisotopic (exact) mass is 281 g/mol. The van der Waals surface area contributed by atoms with E-state index in [2.05, 4.69) is 5.32 Å². The fraction of sp³-hybridized carbons (Fsp3) is 0.875. The van der Waals surface area contributed by atoms with Crippen LogP contribution < -0.4 is 5.32 Å². The van der Waals surface area contributed by atoms with Crippen LogP contribution in [0.4, 0.5) is 0 Å². The first-order valence-corrected chi connectivity index (χ1v) is 8.21. The number of aliphatic carboxylic acids is 1. The average Bonchev–Trinajstić information content (AvgIpc) is 2.80. The lowest BCUT2D eigenvalue weighted by atomic mass is 9.93. The second-order valence-corrected chi connectivity index (χ2v) is 6.39. The fourth-order valence-electron chi connectivity index (χ4n) is 3.62. The third-order valence-corrected chi connectivity index (χ3v) is 4.89. The number of amides is 1. The number of rotatable bonds is 3. The Bertz CT molecular complexity index is 335. The lowest BCUT2D eigenvalue weighted by Crippen LogP contribution is -2.45. The first-order valence-electron chi connectivity index (χ1n) is 8.21. The predicted molar refractivity (Wildman–Crippen MR) is 77.3 cm³/mol. The predicted octanol–water partition coefficient (Wildman–Crippen LogP) is 3.11. The molecular formula is C16H27NO3. The number of hydrogen-bond donors (Lipinski definition) is 2. The van der Waals surface area contributed by atoms with Crippen molar-refractivity contribution in [2.24, 2.45) is 11.8 Å². The van der Waals surface area contributed by atoms with Gasteiger partial charge in [-0.05, 0) is 25.7 Å². The van der Waals surface area contributed by atoms with Gasteiger partial charge in [0.15, 0.2) is 0 Å². The minimum Gasteiger partial charge on any atom is -0.481 e. The van der Waals surface area contributed by atoms with Gasteiger partial charge in [-0.1, -0.05) is 44.9 Å². The van der Waals surface area contributed by atoms with Crippen molar-refractivity contribution in [2.75, 3.05) is 0 Å². The first kappa shape index (κ1) is 15.3. The second-order valence-electron chi connectivity index (χ2n) is 6.39. The summed E-state index contributed by atoms with van der Waals surface area (Å²) in [7, 11) is 0. The summed E-state index contributed by atoms with van der Waals surface area (Å²) in [5.74, 6) is -0.939. The lowest BCUT2D eigenvalue weighted by molar-refractivity contribution is -0.143. The molecule has 0 aromatic rings. The molecule has 2 N–H and O–H groups in total. The van der Waals surface area contributed by atoms with E-state index in [4.69, 9.17) is 0 Å². The molecule has 4 heteroatoms. The summed E-state index contributed by atoms with van der Waals surface area (Å²) in [6.07, 6.45) is 11.2. The Kier molecular flexibility index (Phi) is 5.86. The summed E-state index contributed by atoms with van der Waals surface area (Å²) >= 11 is 0. The molecule has 0 radical (unpaired) electrons. The number of carboxylic acid groups (broad SMARTS) is 1. The molecule has 2 fully saturated rings. The van der Waals surface area contributed by atoms with Gasteiger partial charge in [0.1, 0.15) is 0 Å². The number of nitrogens with one attached hydrogen (secondary N) is 1. The molecule has 0 saturated heterocycles. The quantitative estimate of drug-likeness (QED) is 0.781. The standard InChI is InChI=1S/C16H27NO3/c18-15(12-8-4-1-2-5-9-12)17-14-11-7-3-6-10-13(14)16(19)20/h12-14H,1-11H2,(H,17,18)(H,19,20). The highest BCUT2D eigenvalue weighted by molar-refractivity contribution is 5.80. The van der Waals surface area contributed by atoms with Gasteiger partial charge in [0, 0.05) is 12.0 Å². The van der Waals surface area contributed by atoms with Crippen molar-refractivity contribution in [2.45, 2.75) is 76.7 Å². The van der Waals surface area contributed by atoms with Crippen LogP contribution in [-0.2, 0) is 9.59 Å². The molecule has 2 rings (SSSR count). The summed E-state index contributed by atoms with van der Waals surface area (Å²) in [4.78, 5) is 23.8. The van der Waals surface area contributed by atoms with Gasteiger partial charge in [0.25, 0.3) is 0 Å². The SMILES string of the molecule is O=C(NC1CCCCCC1C(=O)O)C1CCCCCC1. The maximum Gasteiger partial charge on any atom is 0.308 e. The maximum atomic E-state index is 12.4. The molecule has 0 aromatic carbocycles. The number of carbonyl (C=O) groups is 2. The third-order valence-electron chi connectivity index (χ3n) is 4.89. The highest BCUT2D eigenvalue weighted by atomic mass is 16.4. The normalized spacial score (nSPS) is 29.2. The van der Waals surface area contributed by atoms with Gasteiger partial charge in [-0.2, -0.15) is 0 Å². The Hall–Kier alpha value is -1.06. The van der Waals surface area contributed by atoms with Crippen molar-refractivity contribution in [3.8, 4) is 0 Å². The number of hydrogen-bond acceptors (Lipinski definition) is 2. The molecule has 4 nitrogen and oxygen atoms in total. The van der Waals surface area contributed by atoms with Crippen molar-refractivity contribution in [3.05, 3.63) is 0 Å². The Morgan fingerprint density at radius 2 is 1.35 bits per heavy atom. The lowest BCUT2D eigenvalue weighted by Gasteiger charge is -2.25. The van der Waals surface area contributed by atoms with Crippen LogP contribution >= 0.6 is 0 Å². The van der Waals surface area contributed by atoms with Crippen LogP contribution in [0, 0.1) is 11.8 Å². The second kappa shape index (κ2) is 7.65. The molecule has 0 heterocycles. The highest BCUT2D eigenvalue weighted by Crippen LogP contribution is 2.26. The highest BCUT2D eigenvalue weighted by Gasteiger charge is 2.32. The van der Waals surface area contributed by atoms with Crippen molar-refractivity contribution < 1.29 is 14.7 Å². The summed E-state index contributed by atoms with van der Waals surface area (Å²) in [5.41, 5.74) is 0. The Morgan fingerprint density at radius 3 is 2.00 bits per heavy atom. The Balaban J connectivity index is 1.94. The van der Waals surface area contributed by atoms with Gasteiger partial charge < -0.3 is 10.4 Å². The molecule has 20 heavy (non-hydrogen) atoms. The van der Waals surface area contributed by atoms with E-state index in [9.17, 15) is 14.7 Å². The van der Waals surface area contributed by atoms with Crippen LogP contribution in [0.3, 0.4) is 0 Å². The van der Waals surface area contributed by atoms with Crippen LogP contribution in [0.15, 0.2) is 0 Å². The molecule has 2 atom stereocenters. The van der Waals surface area contributed by atoms with Crippen molar-refractivity contribution in [1.82, 2.24) is 5.32 Å². The van der Waals surface area contributed by atoms with Gasteiger partial charge in [-0.3, -0.25) is 9.59 Å². The average molecular weight is 281 g/mol. The molecular weight excluding hydrogens is 254 g/mol. The fourth-order valence-corrected chi connectivity index (χ4v) is 3.62. The van der Waals surface area contributed by atoms with Gasteiger partial charge in [-0.25, -0.2) is 0 Å². The van der Waals surface area contributed by atoms with Gasteiger partial charge in [0.2, 0.25) is 5.91 Å². The minimum atomic E-state index is -0.752. The van der Waals surface area contributed by atoms with E-state index in [-0.39, 0.29) is 17.9 Å². The third kappa shape index (κ3) is 4.22. The zero-order chi connectivity index (χ0) is 14.4. The number of carbonyl (C=O) groups excluding carboxylic acids is 1. The molecule has 0 aliphatic heterocycles. The van der Waals surface area contributed by atoms with Crippen LogP contribution in [0.5, 0.6) is 0 Å². The van der Waals surface area contributed by atoms with Crippen LogP contribution in [0.1, 0.15) is 70.6 Å². The summed E-state index contributed by atoms with van der Waals surface area (Å²) in [6, 6.07) is -0.161. The van der Waals surface area contributed by atoms with E-state index in [0.717, 1.165) is 51.4 Å². The smallest absolute Gasteiger partial charge is 0.308 e. The van der Waals surface area contributed by atoms with Crippen molar-refractivity contribution in [1.29, 1.82) is 0 Å². The number of carboxylic acids is 1. The Labute approximate surface area is 121 Å². The molecule has 0 bridgehead atoms. The van der Waals surface area contributed by atoms with E-state index in [0.29, 0.717) is 6.42 Å². The van der Waals surface area contributed by atoms with Crippen LogP contribution in [0.2, 0.25) is 0 Å². The summed E-state index contributed by atoms with van der Waals surface area (Å²) < 4.78 is 0. The Morgan fingerprint density at radius 1 is 0.800 bits per heavy atom. The molecule has 114 valence electrons. The van der Waals surface area contributed by atoms with E-state index in [1.165, 1.54) is 12.8 Å². The van der Waals surface area contributed by atoms with E-state index < -0.39 is 11.9 Å². The molecule has 2 aliphatic rings. The molecule has 1 amide bonds. The molecule has 2 unspecified atom stereocenters. The summed E-state index contributed by atoms with van der Waals surface area (Å²) in [6.45, 7) is 0. The topological polar surface area (TPSA) is 66.4 Å². The van der Waals surface area contributed by atoms with Gasteiger partial charge >= 0.3 is 5.97 Å². The zero-order valence-corrected chi connectivity index (χ0v) is 12.3. The van der Waals surface area contributed by atoms with Gasteiger partial charge in [0.05, 0.1) is 5.92 Å². The first-order chi connectivity index (χ1) is 9.68. The summed E-state index contributed by atoms with van der Waals surface area (Å²) in [5, 5.41) is 12.4. The van der Waals surface area contributed by atoms with Crippen molar-refractivity contribution in [3.63, 3.8) is 0 Å². The van der Waals surface area contributed by atoms with Crippen molar-refractivity contribution >= 4 is 11.9 Å².